The zero-order valence-electron chi connectivity index (χ0n) is 17.4. The number of nitrogens with one attached hydrogen (secondary N) is 1. The third-order valence-electron chi connectivity index (χ3n) is 5.52. The summed E-state index contributed by atoms with van der Waals surface area (Å²) in [5, 5.41) is 4.80. The van der Waals surface area contributed by atoms with Gasteiger partial charge in [-0.25, -0.2) is 9.97 Å². The molecule has 1 heterocycles. The van der Waals surface area contributed by atoms with Crippen LogP contribution < -0.4 is 5.32 Å². The van der Waals surface area contributed by atoms with Crippen LogP contribution in [0.2, 0.25) is 10.0 Å². The molecule has 156 valence electrons. The summed E-state index contributed by atoms with van der Waals surface area (Å²) in [6.07, 6.45) is 1.71. The van der Waals surface area contributed by atoms with Gasteiger partial charge in [0.15, 0.2) is 0 Å². The Balaban J connectivity index is 1.71. The number of aryl methyl sites for hydroxylation is 2. The van der Waals surface area contributed by atoms with Gasteiger partial charge < -0.3 is 10.1 Å². The third-order valence-corrected chi connectivity index (χ3v) is 6.07. The Bertz CT molecular complexity index is 1070. The molecule has 4 nitrogen and oxygen atoms in total. The molecule has 30 heavy (non-hydrogen) atoms. The van der Waals surface area contributed by atoms with Crippen molar-refractivity contribution in [2.24, 2.45) is 0 Å². The van der Waals surface area contributed by atoms with Gasteiger partial charge in [0.05, 0.1) is 34.3 Å². The maximum absolute atomic E-state index is 6.45. The van der Waals surface area contributed by atoms with Gasteiger partial charge in [0.1, 0.15) is 5.82 Å². The first-order valence-corrected chi connectivity index (χ1v) is 11.1. The van der Waals surface area contributed by atoms with E-state index in [1.165, 1.54) is 11.1 Å². The van der Waals surface area contributed by atoms with Crippen LogP contribution in [0.5, 0.6) is 0 Å². The van der Waals surface area contributed by atoms with Crippen molar-refractivity contribution in [2.75, 3.05) is 11.9 Å². The third kappa shape index (κ3) is 4.04. The molecule has 0 fully saturated rings. The highest BCUT2D eigenvalue weighted by atomic mass is 35.5. The summed E-state index contributed by atoms with van der Waals surface area (Å²) in [5.41, 5.74) is 5.95. The number of nitrogens with zero attached hydrogens (tertiary/aromatic N) is 2. The summed E-state index contributed by atoms with van der Waals surface area (Å²) in [6, 6.07) is 14.0. The van der Waals surface area contributed by atoms with Crippen molar-refractivity contribution in [3.05, 3.63) is 75.0 Å². The molecular weight excluding hydrogens is 417 g/mol. The molecule has 4 rings (SSSR count). The molecule has 2 atom stereocenters. The zero-order valence-corrected chi connectivity index (χ0v) is 18.9. The number of fused-ring (bicyclic) bond motifs is 1. The first-order valence-electron chi connectivity index (χ1n) is 10.3. The van der Waals surface area contributed by atoms with E-state index in [4.69, 9.17) is 37.9 Å². The van der Waals surface area contributed by atoms with Gasteiger partial charge in [0.2, 0.25) is 0 Å². The molecule has 1 aliphatic carbocycles. The Hall–Kier alpha value is -2.14. The average molecular weight is 442 g/mol. The highest BCUT2D eigenvalue weighted by molar-refractivity contribution is 6.36. The summed E-state index contributed by atoms with van der Waals surface area (Å²) in [7, 11) is 0. The van der Waals surface area contributed by atoms with Crippen LogP contribution in [0, 0.1) is 6.92 Å². The smallest absolute Gasteiger partial charge is 0.148 e. The molecule has 0 saturated heterocycles. The van der Waals surface area contributed by atoms with E-state index in [0.29, 0.717) is 16.7 Å². The molecule has 1 N–H and O–H groups in total. The maximum atomic E-state index is 6.45. The minimum absolute atomic E-state index is 0.0452. The van der Waals surface area contributed by atoms with Gasteiger partial charge in [0.25, 0.3) is 0 Å². The molecule has 3 aromatic rings. The molecular formula is C24H25Cl2N3O. The molecule has 0 aliphatic heterocycles. The first-order chi connectivity index (χ1) is 14.5. The topological polar surface area (TPSA) is 47.0 Å². The maximum Gasteiger partial charge on any atom is 0.148 e. The zero-order chi connectivity index (χ0) is 21.3. The molecule has 1 aromatic heterocycles. The molecule has 0 bridgehead atoms. The van der Waals surface area contributed by atoms with E-state index in [1.54, 1.807) is 6.07 Å². The van der Waals surface area contributed by atoms with Crippen LogP contribution in [-0.4, -0.2) is 22.7 Å². The Morgan fingerprint density at radius 3 is 2.63 bits per heavy atom. The van der Waals surface area contributed by atoms with Crippen LogP contribution in [0.4, 0.5) is 5.82 Å². The first kappa shape index (κ1) is 21.1. The predicted molar refractivity (Wildman–Crippen MR) is 124 cm³/mol. The van der Waals surface area contributed by atoms with E-state index in [1.807, 2.05) is 26.0 Å². The standard InChI is InChI=1S/C24H25Cl2N3O/c1-4-20-22(18-11-10-16(25)13-19(18)26)27-14(3)24(28-20)29-23-17-9-7-6-8-15(17)12-21(23)30-5-2/h6-11,13,21,23H,4-5,12H2,1-3H3,(H,28,29)/t21-,23?/m0/s1. The fourth-order valence-electron chi connectivity index (χ4n) is 4.08. The van der Waals surface area contributed by atoms with Crippen LogP contribution in [-0.2, 0) is 17.6 Å². The number of hydrogen-bond acceptors (Lipinski definition) is 4. The van der Waals surface area contributed by atoms with Crippen molar-refractivity contribution >= 4 is 29.0 Å². The van der Waals surface area contributed by atoms with Gasteiger partial charge in [-0.3, -0.25) is 0 Å². The van der Waals surface area contributed by atoms with E-state index in [9.17, 15) is 0 Å². The number of hydrogen-bond donors (Lipinski definition) is 1. The van der Waals surface area contributed by atoms with E-state index in [0.717, 1.165) is 41.3 Å². The quantitative estimate of drug-likeness (QED) is 0.478. The number of halogens is 2. The van der Waals surface area contributed by atoms with Crippen LogP contribution in [0.15, 0.2) is 42.5 Å². The lowest BCUT2D eigenvalue weighted by Crippen LogP contribution is -2.26. The molecule has 1 aliphatic rings. The normalized spacial score (nSPS) is 17.8. The van der Waals surface area contributed by atoms with Crippen LogP contribution in [0.3, 0.4) is 0 Å². The van der Waals surface area contributed by atoms with Crippen molar-refractivity contribution in [3.63, 3.8) is 0 Å². The summed E-state index contributed by atoms with van der Waals surface area (Å²) in [5.74, 6) is 0.784. The number of rotatable bonds is 6. The largest absolute Gasteiger partial charge is 0.376 e. The van der Waals surface area contributed by atoms with Crippen molar-refractivity contribution in [1.29, 1.82) is 0 Å². The van der Waals surface area contributed by atoms with E-state index in [-0.39, 0.29) is 12.1 Å². The van der Waals surface area contributed by atoms with Crippen molar-refractivity contribution < 1.29 is 4.74 Å². The highest BCUT2D eigenvalue weighted by Gasteiger charge is 2.33. The van der Waals surface area contributed by atoms with Crippen molar-refractivity contribution in [3.8, 4) is 11.3 Å². The summed E-state index contributed by atoms with van der Waals surface area (Å²) < 4.78 is 6.05. The van der Waals surface area contributed by atoms with Gasteiger partial charge in [-0.2, -0.15) is 0 Å². The van der Waals surface area contributed by atoms with Gasteiger partial charge in [-0.05, 0) is 49.6 Å². The Morgan fingerprint density at radius 2 is 1.90 bits per heavy atom. The lowest BCUT2D eigenvalue weighted by molar-refractivity contribution is 0.0573. The Labute approximate surface area is 187 Å². The van der Waals surface area contributed by atoms with E-state index in [2.05, 4.69) is 36.5 Å². The summed E-state index contributed by atoms with van der Waals surface area (Å²) in [6.45, 7) is 6.75. The summed E-state index contributed by atoms with van der Waals surface area (Å²) in [4.78, 5) is 9.82. The lowest BCUT2D eigenvalue weighted by atomic mass is 10.1. The van der Waals surface area contributed by atoms with Gasteiger partial charge in [0, 0.05) is 23.6 Å². The Morgan fingerprint density at radius 1 is 1.10 bits per heavy atom. The fraction of sp³-hybridized carbons (Fsp3) is 0.333. The minimum Gasteiger partial charge on any atom is -0.376 e. The number of benzene rings is 2. The van der Waals surface area contributed by atoms with Gasteiger partial charge in [-0.1, -0.05) is 54.4 Å². The SMILES string of the molecule is CCO[C@H]1Cc2ccccc2C1Nc1nc(CC)c(-c2ccc(Cl)cc2Cl)nc1C. The molecule has 2 aromatic carbocycles. The van der Waals surface area contributed by atoms with Gasteiger partial charge in [-0.15, -0.1) is 0 Å². The van der Waals surface area contributed by atoms with Crippen molar-refractivity contribution in [1.82, 2.24) is 9.97 Å². The predicted octanol–water partition coefficient (Wildman–Crippen LogP) is 6.44. The Kier molecular flexibility index (Phi) is 6.28. The molecule has 6 heteroatoms. The van der Waals surface area contributed by atoms with Crippen LogP contribution in [0.1, 0.15) is 42.4 Å². The number of aromatic nitrogens is 2. The highest BCUT2D eigenvalue weighted by Crippen LogP contribution is 2.37. The monoisotopic (exact) mass is 441 g/mol. The second kappa shape index (κ2) is 8.93. The second-order valence-electron chi connectivity index (χ2n) is 7.45. The summed E-state index contributed by atoms with van der Waals surface area (Å²) >= 11 is 12.5. The van der Waals surface area contributed by atoms with Gasteiger partial charge >= 0.3 is 0 Å². The minimum atomic E-state index is 0.0452. The fourth-order valence-corrected chi connectivity index (χ4v) is 4.58. The van der Waals surface area contributed by atoms with Crippen LogP contribution in [0.25, 0.3) is 11.3 Å². The molecule has 0 spiro atoms. The van der Waals surface area contributed by atoms with E-state index >= 15 is 0 Å². The number of ether oxygens (including phenoxy) is 1. The molecule has 0 radical (unpaired) electrons. The number of anilines is 1. The molecule has 0 amide bonds. The molecule has 0 saturated carbocycles. The molecule has 1 unspecified atom stereocenters. The van der Waals surface area contributed by atoms with Crippen LogP contribution >= 0.6 is 23.2 Å². The van der Waals surface area contributed by atoms with E-state index < -0.39 is 0 Å². The average Bonchev–Trinajstić information content (AvgIpc) is 3.07. The second-order valence-corrected chi connectivity index (χ2v) is 8.29. The van der Waals surface area contributed by atoms with Crippen molar-refractivity contribution in [2.45, 2.75) is 45.8 Å². The lowest BCUT2D eigenvalue weighted by Gasteiger charge is -2.24.